The highest BCUT2D eigenvalue weighted by molar-refractivity contribution is 7.47. The summed E-state index contributed by atoms with van der Waals surface area (Å²) >= 11 is 0. The van der Waals surface area contributed by atoms with Crippen LogP contribution in [0, 0.1) is 0 Å². The number of ether oxygens (including phenoxy) is 4. The van der Waals surface area contributed by atoms with Crippen LogP contribution in [-0.4, -0.2) is 101 Å². The molecule has 3 aromatic heterocycles. The van der Waals surface area contributed by atoms with Crippen molar-refractivity contribution < 1.29 is 56.3 Å². The van der Waals surface area contributed by atoms with Crippen LogP contribution >= 0.6 is 15.6 Å². The van der Waals surface area contributed by atoms with E-state index in [1.807, 2.05) is 0 Å². The van der Waals surface area contributed by atoms with Crippen LogP contribution in [0.1, 0.15) is 19.4 Å². The average Bonchev–Trinajstić information content (AvgIpc) is 3.60. The second kappa shape index (κ2) is 12.5. The Morgan fingerprint density at radius 2 is 1.64 bits per heavy atom. The highest BCUT2D eigenvalue weighted by Crippen LogP contribution is 2.51. The van der Waals surface area contributed by atoms with Crippen molar-refractivity contribution >= 4 is 38.4 Å². The fourth-order valence-corrected chi connectivity index (χ4v) is 6.62. The van der Waals surface area contributed by atoms with Crippen molar-refractivity contribution in [2.45, 2.75) is 56.0 Å². The number of imidazole rings is 1. The molecule has 23 heteroatoms. The Labute approximate surface area is 247 Å². The number of nitrogen functional groups attached to an aromatic ring is 2. The highest BCUT2D eigenvalue weighted by Gasteiger charge is 2.52. The molecule has 0 spiro atoms. The van der Waals surface area contributed by atoms with Crippen LogP contribution in [0.5, 0.6) is 0 Å². The van der Waals surface area contributed by atoms with Crippen molar-refractivity contribution in [3.05, 3.63) is 35.4 Å². The van der Waals surface area contributed by atoms with Crippen molar-refractivity contribution in [1.29, 1.82) is 0 Å². The molecule has 2 aliphatic heterocycles. The maximum atomic E-state index is 13.2. The third kappa shape index (κ3) is 6.54. The van der Waals surface area contributed by atoms with Crippen LogP contribution < -0.4 is 17.2 Å². The van der Waals surface area contributed by atoms with E-state index < -0.39 is 77.0 Å². The molecule has 2 saturated heterocycles. The van der Waals surface area contributed by atoms with E-state index in [9.17, 15) is 28.6 Å². The van der Waals surface area contributed by atoms with Crippen molar-refractivity contribution in [2.24, 2.45) is 0 Å². The molecule has 0 saturated carbocycles. The smallest absolute Gasteiger partial charge is 0.383 e. The maximum absolute atomic E-state index is 13.2. The summed E-state index contributed by atoms with van der Waals surface area (Å²) < 4.78 is 65.5. The van der Waals surface area contributed by atoms with Crippen molar-refractivity contribution in [3.8, 4) is 0 Å². The molecule has 3 aromatic rings. The third-order valence-electron chi connectivity index (χ3n) is 6.95. The minimum absolute atomic E-state index is 0.0835. The quantitative estimate of drug-likeness (QED) is 0.155. The Balaban J connectivity index is 1.33. The molecule has 0 aromatic carbocycles. The van der Waals surface area contributed by atoms with Gasteiger partial charge in [0.2, 0.25) is 0 Å². The van der Waals surface area contributed by atoms with Crippen molar-refractivity contribution in [2.75, 3.05) is 32.3 Å². The zero-order valence-electron chi connectivity index (χ0n) is 23.3. The van der Waals surface area contributed by atoms with Gasteiger partial charge in [0.25, 0.3) is 0 Å². The molecule has 7 N–H and O–H groups in total. The molecular weight excluding hydrogens is 634 g/mol. The number of aromatic nitrogens is 6. The lowest BCUT2D eigenvalue weighted by atomic mass is 10.1. The summed E-state index contributed by atoms with van der Waals surface area (Å²) in [5.74, 6) is 0.0558. The van der Waals surface area contributed by atoms with Gasteiger partial charge in [0, 0.05) is 20.4 Å². The summed E-state index contributed by atoms with van der Waals surface area (Å²) in [4.78, 5) is 58.0. The highest BCUT2D eigenvalue weighted by atomic mass is 31.2. The van der Waals surface area contributed by atoms with Gasteiger partial charge in [-0.2, -0.15) is 4.98 Å². The lowest BCUT2D eigenvalue weighted by molar-refractivity contribution is -0.0655. The van der Waals surface area contributed by atoms with E-state index in [-0.39, 0.29) is 11.6 Å². The van der Waals surface area contributed by atoms with E-state index in [1.165, 1.54) is 43.7 Å². The Morgan fingerprint density at radius 1 is 0.955 bits per heavy atom. The summed E-state index contributed by atoms with van der Waals surface area (Å²) in [5, 5.41) is 0. The normalized spacial score (nSPS) is 30.6. The Kier molecular flexibility index (Phi) is 9.21. The molecular formula is C21H30N8O13P2. The molecule has 21 nitrogen and oxygen atoms in total. The Morgan fingerprint density at radius 3 is 2.30 bits per heavy atom. The topological polar surface area (TPSA) is 290 Å². The number of nitrogens with zero attached hydrogens (tertiary/aromatic N) is 6. The van der Waals surface area contributed by atoms with Crippen molar-refractivity contribution in [1.82, 2.24) is 29.1 Å². The molecule has 5 heterocycles. The molecule has 44 heavy (non-hydrogen) atoms. The molecule has 0 radical (unpaired) electrons. The SMILES string of the molecule is COC1[C@@H](OP(=O)(O)O)[C@@H](COP(=O)(O)O[C@@H]2C(OC)[C@H](n3cnc4c(N)ncnc43)O[C@@H]2C)O[C@H]1n1ccc(N)nc1=O. The minimum Gasteiger partial charge on any atom is -0.383 e. The molecule has 9 atom stereocenters. The molecule has 5 rings (SSSR count). The first-order valence-electron chi connectivity index (χ1n) is 12.8. The summed E-state index contributed by atoms with van der Waals surface area (Å²) in [7, 11) is -7.59. The fourth-order valence-electron chi connectivity index (χ4n) is 5.05. The van der Waals surface area contributed by atoms with Crippen LogP contribution in [0.15, 0.2) is 29.7 Å². The summed E-state index contributed by atoms with van der Waals surface area (Å²) in [6.45, 7) is 0.784. The fraction of sp³-hybridized carbons (Fsp3) is 0.571. The van der Waals surface area contributed by atoms with Gasteiger partial charge in [0.15, 0.2) is 23.9 Å². The van der Waals surface area contributed by atoms with Gasteiger partial charge in [0.05, 0.1) is 19.0 Å². The Bertz CT molecular complexity index is 1650. The number of phosphoric ester groups is 2. The number of methoxy groups -OCH3 is 2. The van der Waals surface area contributed by atoms with Gasteiger partial charge in [0.1, 0.15) is 48.2 Å². The Hall–Kier alpha value is -2.91. The second-order valence-electron chi connectivity index (χ2n) is 9.72. The van der Waals surface area contributed by atoms with Crippen LogP contribution in [-0.2, 0) is 41.6 Å². The van der Waals surface area contributed by atoms with Gasteiger partial charge in [-0.1, -0.05) is 0 Å². The van der Waals surface area contributed by atoms with Crippen LogP contribution in [0.2, 0.25) is 0 Å². The molecule has 242 valence electrons. The molecule has 0 amide bonds. The van der Waals surface area contributed by atoms with Gasteiger partial charge in [-0.25, -0.2) is 28.9 Å². The maximum Gasteiger partial charge on any atom is 0.472 e. The second-order valence-corrected chi connectivity index (χ2v) is 12.3. The first-order valence-corrected chi connectivity index (χ1v) is 15.8. The van der Waals surface area contributed by atoms with Gasteiger partial charge < -0.3 is 45.1 Å². The standard InChI is InChI=1S/C21H30N8O13P2/c1-9-13(15(36-2)20(39-9)29-8-26-12-17(23)24-7-25-18(12)29)42-44(34,35)38-6-10-14(41-43(31,32)33)16(37-3)19(40-10)28-5-4-11(22)27-21(28)30/h4-5,7-10,13-16,19-20H,6H2,1-3H3,(H,34,35)(H2,22,27,30)(H2,23,24,25)(H2,31,32,33)/t9-,10-,13+,14+,15?,16?,19-,20-/m1/s1. The van der Waals surface area contributed by atoms with Crippen LogP contribution in [0.4, 0.5) is 11.6 Å². The monoisotopic (exact) mass is 664 g/mol. The van der Waals surface area contributed by atoms with E-state index in [4.69, 9.17) is 44.0 Å². The molecule has 2 aliphatic rings. The predicted octanol–water partition coefficient (Wildman–Crippen LogP) is -0.928. The molecule has 2 fully saturated rings. The number of phosphoric acid groups is 2. The van der Waals surface area contributed by atoms with Gasteiger partial charge in [-0.15, -0.1) is 0 Å². The lowest BCUT2D eigenvalue weighted by Gasteiger charge is -2.26. The van der Waals surface area contributed by atoms with Crippen molar-refractivity contribution in [3.63, 3.8) is 0 Å². The number of fused-ring (bicyclic) bond motifs is 1. The third-order valence-corrected chi connectivity index (χ3v) is 8.46. The van der Waals surface area contributed by atoms with Crippen LogP contribution in [0.3, 0.4) is 0 Å². The van der Waals surface area contributed by atoms with Gasteiger partial charge in [-0.05, 0) is 13.0 Å². The van der Waals surface area contributed by atoms with Gasteiger partial charge in [-0.3, -0.25) is 22.7 Å². The summed E-state index contributed by atoms with van der Waals surface area (Å²) in [5.41, 5.74) is 11.2. The first-order chi connectivity index (χ1) is 20.7. The largest absolute Gasteiger partial charge is 0.472 e. The average molecular weight is 664 g/mol. The number of nitrogens with two attached hydrogens (primary N) is 2. The summed E-state index contributed by atoms with van der Waals surface area (Å²) in [6.07, 6.45) is -5.65. The lowest BCUT2D eigenvalue weighted by Crippen LogP contribution is -2.39. The number of hydrogen-bond donors (Lipinski definition) is 5. The number of hydrogen-bond acceptors (Lipinski definition) is 16. The van der Waals surface area contributed by atoms with E-state index in [0.29, 0.717) is 11.2 Å². The molecule has 0 aliphatic carbocycles. The van der Waals surface area contributed by atoms with Gasteiger partial charge >= 0.3 is 21.3 Å². The number of rotatable bonds is 11. The van der Waals surface area contributed by atoms with E-state index >= 15 is 0 Å². The van der Waals surface area contributed by atoms with E-state index in [0.717, 1.165) is 4.57 Å². The zero-order chi connectivity index (χ0) is 32.0. The van der Waals surface area contributed by atoms with E-state index in [2.05, 4.69) is 19.9 Å². The minimum atomic E-state index is -5.16. The van der Waals surface area contributed by atoms with E-state index in [1.54, 1.807) is 6.92 Å². The first kappa shape index (κ1) is 32.5. The van der Waals surface area contributed by atoms with Crippen LogP contribution in [0.25, 0.3) is 11.2 Å². The molecule has 3 unspecified atom stereocenters. The number of anilines is 2. The molecule has 0 bridgehead atoms. The zero-order valence-corrected chi connectivity index (χ0v) is 25.1. The summed E-state index contributed by atoms with van der Waals surface area (Å²) in [6, 6.07) is 1.29. The predicted molar refractivity (Wildman–Crippen MR) is 145 cm³/mol.